The number of carbonyl (C=O) groups is 3. The first-order chi connectivity index (χ1) is 14.4. The molecule has 2 aromatic rings. The fourth-order valence-electron chi connectivity index (χ4n) is 3.00. The molecule has 10 heteroatoms. The first kappa shape index (κ1) is 21.0. The number of rotatable bonds is 7. The molecule has 0 saturated carbocycles. The number of carbonyl (C=O) groups excluding carboxylic acids is 3. The molecule has 158 valence electrons. The Balaban J connectivity index is 1.64. The van der Waals surface area contributed by atoms with Gasteiger partial charge in [-0.3, -0.25) is 14.2 Å². The van der Waals surface area contributed by atoms with Crippen molar-refractivity contribution >= 4 is 28.9 Å². The molecule has 30 heavy (non-hydrogen) atoms. The molecule has 0 fully saturated rings. The summed E-state index contributed by atoms with van der Waals surface area (Å²) in [5.74, 6) is -1.19. The molecule has 0 spiro atoms. The Labute approximate surface area is 171 Å². The summed E-state index contributed by atoms with van der Waals surface area (Å²) >= 11 is 0. The highest BCUT2D eigenvalue weighted by molar-refractivity contribution is 5.93. The highest BCUT2D eigenvalue weighted by atomic mass is 16.5. The zero-order valence-corrected chi connectivity index (χ0v) is 16.7. The van der Waals surface area contributed by atoms with Crippen LogP contribution < -0.4 is 16.2 Å². The lowest BCUT2D eigenvalue weighted by Crippen LogP contribution is -2.45. The summed E-state index contributed by atoms with van der Waals surface area (Å²) in [6.45, 7) is 3.50. The normalized spacial score (nSPS) is 13.6. The van der Waals surface area contributed by atoms with Crippen LogP contribution in [0.1, 0.15) is 18.9 Å². The van der Waals surface area contributed by atoms with Gasteiger partial charge in [0.25, 0.3) is 5.56 Å². The molecule has 0 radical (unpaired) electrons. The van der Waals surface area contributed by atoms with Gasteiger partial charge < -0.3 is 20.1 Å². The third-order valence-electron chi connectivity index (χ3n) is 4.57. The van der Waals surface area contributed by atoms with Gasteiger partial charge in [-0.15, -0.1) is 0 Å². The van der Waals surface area contributed by atoms with Gasteiger partial charge in [-0.05, 0) is 25.5 Å². The Morgan fingerprint density at radius 1 is 1.23 bits per heavy atom. The van der Waals surface area contributed by atoms with E-state index < -0.39 is 18.0 Å². The fraction of sp³-hybridized carbons (Fsp3) is 0.350. The Morgan fingerprint density at radius 2 is 2.03 bits per heavy atom. The SMILES string of the molecule is CCOC(=O)C1=C(COC(=O)CCn2cnc3c(C)cccc3c2=O)NC(=O)NC1. The number of para-hydroxylation sites is 1. The van der Waals surface area contributed by atoms with Crippen LogP contribution in [0.4, 0.5) is 4.79 Å². The number of esters is 2. The maximum absolute atomic E-state index is 12.6. The lowest BCUT2D eigenvalue weighted by Gasteiger charge is -2.21. The summed E-state index contributed by atoms with van der Waals surface area (Å²) in [6.07, 6.45) is 1.33. The van der Waals surface area contributed by atoms with Crippen molar-refractivity contribution < 1.29 is 23.9 Å². The van der Waals surface area contributed by atoms with Crippen molar-refractivity contribution in [2.45, 2.75) is 26.8 Å². The Hall–Kier alpha value is -3.69. The van der Waals surface area contributed by atoms with E-state index in [0.717, 1.165) is 5.56 Å². The zero-order chi connectivity index (χ0) is 21.7. The van der Waals surface area contributed by atoms with Crippen LogP contribution in [0.3, 0.4) is 0 Å². The number of nitrogens with one attached hydrogen (secondary N) is 2. The van der Waals surface area contributed by atoms with Crippen molar-refractivity contribution in [3.8, 4) is 0 Å². The number of urea groups is 1. The average Bonchev–Trinajstić information content (AvgIpc) is 2.72. The number of ether oxygens (including phenoxy) is 2. The lowest BCUT2D eigenvalue weighted by atomic mass is 10.1. The van der Waals surface area contributed by atoms with E-state index in [9.17, 15) is 19.2 Å². The van der Waals surface area contributed by atoms with E-state index in [1.54, 1.807) is 19.1 Å². The molecular weight excluding hydrogens is 392 g/mol. The van der Waals surface area contributed by atoms with Crippen LogP contribution in [0, 0.1) is 6.92 Å². The van der Waals surface area contributed by atoms with E-state index in [4.69, 9.17) is 9.47 Å². The van der Waals surface area contributed by atoms with Crippen LogP contribution in [0.15, 0.2) is 40.6 Å². The summed E-state index contributed by atoms with van der Waals surface area (Å²) in [6, 6.07) is 4.84. The molecule has 0 bridgehead atoms. The van der Waals surface area contributed by atoms with Crippen LogP contribution in [0.5, 0.6) is 0 Å². The van der Waals surface area contributed by atoms with Crippen molar-refractivity contribution in [1.82, 2.24) is 20.2 Å². The Bertz CT molecular complexity index is 1090. The maximum Gasteiger partial charge on any atom is 0.337 e. The van der Waals surface area contributed by atoms with Crippen LogP contribution >= 0.6 is 0 Å². The van der Waals surface area contributed by atoms with E-state index >= 15 is 0 Å². The van der Waals surface area contributed by atoms with Crippen molar-refractivity contribution in [1.29, 1.82) is 0 Å². The number of aromatic nitrogens is 2. The van der Waals surface area contributed by atoms with Crippen LogP contribution in [0.25, 0.3) is 10.9 Å². The second kappa shape index (κ2) is 9.21. The van der Waals surface area contributed by atoms with E-state index in [2.05, 4.69) is 15.6 Å². The Kier molecular flexibility index (Phi) is 6.45. The molecule has 1 aliphatic heterocycles. The molecule has 2 heterocycles. The number of hydrogen-bond donors (Lipinski definition) is 2. The fourth-order valence-corrected chi connectivity index (χ4v) is 3.00. The highest BCUT2D eigenvalue weighted by Crippen LogP contribution is 2.12. The number of nitrogens with zero attached hydrogens (tertiary/aromatic N) is 2. The lowest BCUT2D eigenvalue weighted by molar-refractivity contribution is -0.143. The third-order valence-corrected chi connectivity index (χ3v) is 4.57. The summed E-state index contributed by atoms with van der Waals surface area (Å²) < 4.78 is 11.5. The van der Waals surface area contributed by atoms with Crippen LogP contribution in [-0.2, 0) is 25.6 Å². The minimum atomic E-state index is -0.597. The summed E-state index contributed by atoms with van der Waals surface area (Å²) in [4.78, 5) is 52.5. The van der Waals surface area contributed by atoms with Crippen molar-refractivity contribution in [2.24, 2.45) is 0 Å². The second-order valence-electron chi connectivity index (χ2n) is 6.61. The second-order valence-corrected chi connectivity index (χ2v) is 6.61. The van der Waals surface area contributed by atoms with Gasteiger partial charge in [0.1, 0.15) is 6.61 Å². The van der Waals surface area contributed by atoms with Gasteiger partial charge in [0.2, 0.25) is 0 Å². The minimum Gasteiger partial charge on any atom is -0.463 e. The molecule has 2 N–H and O–H groups in total. The molecule has 1 aliphatic rings. The predicted molar refractivity (Wildman–Crippen MR) is 107 cm³/mol. The number of amides is 2. The zero-order valence-electron chi connectivity index (χ0n) is 16.7. The standard InChI is InChI=1S/C20H22N4O6/c1-3-29-19(27)14-9-21-20(28)23-15(14)10-30-16(25)7-8-24-11-22-17-12(2)5-4-6-13(17)18(24)26/h4-6,11H,3,7-10H2,1-2H3,(H2,21,23,28). The van der Waals surface area contributed by atoms with Gasteiger partial charge in [0.15, 0.2) is 0 Å². The summed E-state index contributed by atoms with van der Waals surface area (Å²) in [7, 11) is 0. The monoisotopic (exact) mass is 414 g/mol. The molecule has 0 atom stereocenters. The van der Waals surface area contributed by atoms with E-state index in [-0.39, 0.29) is 49.6 Å². The molecular formula is C20H22N4O6. The quantitative estimate of drug-likeness (QED) is 0.640. The van der Waals surface area contributed by atoms with Gasteiger partial charge >= 0.3 is 18.0 Å². The van der Waals surface area contributed by atoms with Gasteiger partial charge in [-0.25, -0.2) is 14.6 Å². The maximum atomic E-state index is 12.6. The van der Waals surface area contributed by atoms with Gasteiger partial charge in [0, 0.05) is 6.54 Å². The van der Waals surface area contributed by atoms with E-state index in [1.165, 1.54) is 10.9 Å². The Morgan fingerprint density at radius 3 is 2.80 bits per heavy atom. The predicted octanol–water partition coefficient (Wildman–Crippen LogP) is 0.768. The molecule has 3 rings (SSSR count). The number of aryl methyl sites for hydroxylation is 2. The molecule has 0 unspecified atom stereocenters. The first-order valence-corrected chi connectivity index (χ1v) is 9.45. The van der Waals surface area contributed by atoms with Gasteiger partial charge in [0.05, 0.1) is 48.1 Å². The topological polar surface area (TPSA) is 129 Å². The van der Waals surface area contributed by atoms with E-state index in [0.29, 0.717) is 10.9 Å². The molecule has 1 aromatic heterocycles. The van der Waals surface area contributed by atoms with Gasteiger partial charge in [-0.1, -0.05) is 12.1 Å². The average molecular weight is 414 g/mol. The third kappa shape index (κ3) is 4.65. The van der Waals surface area contributed by atoms with Crippen LogP contribution in [-0.4, -0.2) is 47.3 Å². The van der Waals surface area contributed by atoms with Gasteiger partial charge in [-0.2, -0.15) is 0 Å². The molecule has 2 amide bonds. The minimum absolute atomic E-state index is 0.0187. The number of fused-ring (bicyclic) bond motifs is 1. The summed E-state index contributed by atoms with van der Waals surface area (Å²) in [5, 5.41) is 5.40. The van der Waals surface area contributed by atoms with Crippen LogP contribution in [0.2, 0.25) is 0 Å². The first-order valence-electron chi connectivity index (χ1n) is 9.45. The molecule has 0 saturated heterocycles. The van der Waals surface area contributed by atoms with E-state index in [1.807, 2.05) is 13.0 Å². The van der Waals surface area contributed by atoms with Crippen molar-refractivity contribution in [2.75, 3.05) is 19.8 Å². The molecule has 10 nitrogen and oxygen atoms in total. The highest BCUT2D eigenvalue weighted by Gasteiger charge is 2.24. The number of hydrogen-bond acceptors (Lipinski definition) is 7. The largest absolute Gasteiger partial charge is 0.463 e. The van der Waals surface area contributed by atoms with Crippen molar-refractivity contribution in [3.63, 3.8) is 0 Å². The summed E-state index contributed by atoms with van der Waals surface area (Å²) in [5.41, 5.74) is 1.64. The van der Waals surface area contributed by atoms with Crippen molar-refractivity contribution in [3.05, 3.63) is 51.7 Å². The number of benzene rings is 1. The molecule has 1 aromatic carbocycles. The molecule has 0 aliphatic carbocycles. The smallest absolute Gasteiger partial charge is 0.337 e.